The van der Waals surface area contributed by atoms with Crippen LogP contribution in [0.3, 0.4) is 0 Å². The van der Waals surface area contributed by atoms with Crippen molar-refractivity contribution >= 4 is 11.9 Å². The molecule has 5 nitrogen and oxygen atoms in total. The molecule has 106 valence electrons. The van der Waals surface area contributed by atoms with Gasteiger partial charge in [0.15, 0.2) is 0 Å². The number of amides is 1. The van der Waals surface area contributed by atoms with Gasteiger partial charge in [0.2, 0.25) is 5.91 Å². The lowest BCUT2D eigenvalue weighted by Gasteiger charge is -2.54. The second-order valence-corrected chi connectivity index (χ2v) is 6.67. The van der Waals surface area contributed by atoms with Gasteiger partial charge < -0.3 is 16.2 Å². The number of nitrogens with one attached hydrogen (secondary N) is 1. The second kappa shape index (κ2) is 4.78. The molecule has 4 fully saturated rings. The number of carboxylic acids is 1. The molecule has 5 heteroatoms. The number of carboxylic acid groups (broad SMARTS) is 1. The Bertz CT molecular complexity index is 368. The van der Waals surface area contributed by atoms with Crippen molar-refractivity contribution in [3.8, 4) is 0 Å². The minimum Gasteiger partial charge on any atom is -0.480 e. The van der Waals surface area contributed by atoms with E-state index in [2.05, 4.69) is 5.32 Å². The van der Waals surface area contributed by atoms with E-state index in [-0.39, 0.29) is 18.4 Å². The van der Waals surface area contributed by atoms with E-state index in [1.807, 2.05) is 0 Å². The molecule has 1 amide bonds. The highest BCUT2D eigenvalue weighted by Gasteiger charge is 2.48. The second-order valence-electron chi connectivity index (χ2n) is 6.67. The number of rotatable bonds is 4. The van der Waals surface area contributed by atoms with Crippen molar-refractivity contribution in [3.05, 3.63) is 0 Å². The SMILES string of the molecule is NC(CC(=O)NC1C2CC3CC(C2)CC1C3)C(=O)O. The zero-order valence-electron chi connectivity index (χ0n) is 11.0. The summed E-state index contributed by atoms with van der Waals surface area (Å²) in [6.07, 6.45) is 6.23. The van der Waals surface area contributed by atoms with Crippen LogP contribution in [0.4, 0.5) is 0 Å². The van der Waals surface area contributed by atoms with Gasteiger partial charge in [0.25, 0.3) is 0 Å². The van der Waals surface area contributed by atoms with Crippen LogP contribution in [-0.2, 0) is 9.59 Å². The zero-order valence-corrected chi connectivity index (χ0v) is 11.0. The van der Waals surface area contributed by atoms with E-state index in [1.54, 1.807) is 0 Å². The molecule has 4 rings (SSSR count). The molecule has 4 aliphatic carbocycles. The molecule has 4 N–H and O–H groups in total. The Kier molecular flexibility index (Phi) is 3.25. The van der Waals surface area contributed by atoms with Crippen LogP contribution in [0.15, 0.2) is 0 Å². The van der Waals surface area contributed by atoms with Crippen molar-refractivity contribution in [2.24, 2.45) is 29.4 Å². The molecular formula is C14H22N2O3. The van der Waals surface area contributed by atoms with Crippen LogP contribution in [0.25, 0.3) is 0 Å². The maximum absolute atomic E-state index is 11.9. The minimum absolute atomic E-state index is 0.113. The minimum atomic E-state index is -1.11. The predicted molar refractivity (Wildman–Crippen MR) is 69.2 cm³/mol. The normalized spacial score (nSPS) is 41.0. The Balaban J connectivity index is 1.58. The van der Waals surface area contributed by atoms with Crippen LogP contribution < -0.4 is 11.1 Å². The molecule has 0 aliphatic heterocycles. The van der Waals surface area contributed by atoms with Crippen LogP contribution in [0, 0.1) is 23.7 Å². The number of carbonyl (C=O) groups excluding carboxylic acids is 1. The van der Waals surface area contributed by atoms with Crippen molar-refractivity contribution in [2.75, 3.05) is 0 Å². The van der Waals surface area contributed by atoms with Crippen molar-refractivity contribution in [1.29, 1.82) is 0 Å². The lowest BCUT2D eigenvalue weighted by Crippen LogP contribution is -2.56. The molecule has 1 atom stereocenters. The lowest BCUT2D eigenvalue weighted by atomic mass is 9.54. The van der Waals surface area contributed by atoms with Gasteiger partial charge in [0.1, 0.15) is 6.04 Å². The number of hydrogen-bond donors (Lipinski definition) is 3. The maximum Gasteiger partial charge on any atom is 0.321 e. The predicted octanol–water partition coefficient (Wildman–Crippen LogP) is 0.729. The molecule has 1 unspecified atom stereocenters. The average Bonchev–Trinajstić information content (AvgIpc) is 2.32. The Labute approximate surface area is 112 Å². The first-order chi connectivity index (χ1) is 9.02. The van der Waals surface area contributed by atoms with Crippen molar-refractivity contribution in [2.45, 2.75) is 50.6 Å². The highest BCUT2D eigenvalue weighted by molar-refractivity contribution is 5.84. The molecule has 0 aromatic rings. The average molecular weight is 266 g/mol. The van der Waals surface area contributed by atoms with Crippen LogP contribution >= 0.6 is 0 Å². The van der Waals surface area contributed by atoms with Gasteiger partial charge in [-0.3, -0.25) is 9.59 Å². The van der Waals surface area contributed by atoms with E-state index >= 15 is 0 Å². The van der Waals surface area contributed by atoms with Crippen LogP contribution in [-0.4, -0.2) is 29.1 Å². The summed E-state index contributed by atoms with van der Waals surface area (Å²) in [5, 5.41) is 11.8. The molecule has 0 spiro atoms. The highest BCUT2D eigenvalue weighted by Crippen LogP contribution is 2.53. The molecule has 0 aromatic heterocycles. The Morgan fingerprint density at radius 2 is 1.63 bits per heavy atom. The van der Waals surface area contributed by atoms with Gasteiger partial charge >= 0.3 is 5.97 Å². The summed E-state index contributed by atoms with van der Waals surface area (Å²) in [6, 6.07) is -0.821. The van der Waals surface area contributed by atoms with E-state index in [9.17, 15) is 9.59 Å². The van der Waals surface area contributed by atoms with Crippen LogP contribution in [0.5, 0.6) is 0 Å². The molecule has 19 heavy (non-hydrogen) atoms. The van der Waals surface area contributed by atoms with Gasteiger partial charge in [-0.2, -0.15) is 0 Å². The number of aliphatic carboxylic acids is 1. The van der Waals surface area contributed by atoms with Crippen LogP contribution in [0.1, 0.15) is 38.5 Å². The van der Waals surface area contributed by atoms with E-state index < -0.39 is 12.0 Å². The third kappa shape index (κ3) is 2.48. The zero-order chi connectivity index (χ0) is 13.6. The van der Waals surface area contributed by atoms with Crippen molar-refractivity contribution < 1.29 is 14.7 Å². The first kappa shape index (κ1) is 12.9. The first-order valence-corrected chi connectivity index (χ1v) is 7.30. The number of carbonyl (C=O) groups is 2. The van der Waals surface area contributed by atoms with Gasteiger partial charge in [-0.15, -0.1) is 0 Å². The number of hydrogen-bond acceptors (Lipinski definition) is 3. The van der Waals surface area contributed by atoms with Gasteiger partial charge in [-0.05, 0) is 55.8 Å². The van der Waals surface area contributed by atoms with E-state index in [1.165, 1.54) is 32.1 Å². The monoisotopic (exact) mass is 266 g/mol. The Hall–Kier alpha value is -1.10. The fourth-order valence-corrected chi connectivity index (χ4v) is 4.69. The standard InChI is InChI=1S/C14H22N2O3/c15-11(14(18)19)6-12(17)16-13-9-2-7-1-8(4-9)5-10(13)3-7/h7-11,13H,1-6,15H2,(H,16,17)(H,18,19). The summed E-state index contributed by atoms with van der Waals surface area (Å²) in [7, 11) is 0. The third-order valence-electron chi connectivity index (χ3n) is 5.28. The molecule has 4 saturated carbocycles. The van der Waals surface area contributed by atoms with Gasteiger partial charge in [0, 0.05) is 6.04 Å². The summed E-state index contributed by atoms with van der Waals surface area (Å²) in [5.74, 6) is 1.66. The lowest BCUT2D eigenvalue weighted by molar-refractivity contribution is -0.141. The van der Waals surface area contributed by atoms with E-state index in [4.69, 9.17) is 10.8 Å². The fourth-order valence-electron chi connectivity index (χ4n) is 4.69. The molecular weight excluding hydrogens is 244 g/mol. The topological polar surface area (TPSA) is 92.4 Å². The maximum atomic E-state index is 11.9. The summed E-state index contributed by atoms with van der Waals surface area (Å²) < 4.78 is 0. The Morgan fingerprint density at radius 3 is 2.11 bits per heavy atom. The van der Waals surface area contributed by atoms with E-state index in [0.717, 1.165) is 11.8 Å². The fraction of sp³-hybridized carbons (Fsp3) is 0.857. The molecule has 4 aliphatic rings. The highest BCUT2D eigenvalue weighted by atomic mass is 16.4. The quantitative estimate of drug-likeness (QED) is 0.699. The van der Waals surface area contributed by atoms with Gasteiger partial charge in [-0.25, -0.2) is 0 Å². The largest absolute Gasteiger partial charge is 0.480 e. The smallest absolute Gasteiger partial charge is 0.321 e. The van der Waals surface area contributed by atoms with Crippen LogP contribution in [0.2, 0.25) is 0 Å². The van der Waals surface area contributed by atoms with Gasteiger partial charge in [0.05, 0.1) is 6.42 Å². The summed E-state index contributed by atoms with van der Waals surface area (Å²) in [5.41, 5.74) is 5.41. The molecule has 0 heterocycles. The molecule has 0 saturated heterocycles. The first-order valence-electron chi connectivity index (χ1n) is 7.30. The molecule has 4 bridgehead atoms. The molecule has 0 aromatic carbocycles. The summed E-state index contributed by atoms with van der Waals surface area (Å²) >= 11 is 0. The Morgan fingerprint density at radius 1 is 1.11 bits per heavy atom. The summed E-state index contributed by atoms with van der Waals surface area (Å²) in [6.45, 7) is 0. The van der Waals surface area contributed by atoms with Crippen molar-refractivity contribution in [1.82, 2.24) is 5.32 Å². The van der Waals surface area contributed by atoms with E-state index in [0.29, 0.717) is 11.8 Å². The number of nitrogens with two attached hydrogens (primary N) is 1. The summed E-state index contributed by atoms with van der Waals surface area (Å²) in [4.78, 5) is 22.6. The third-order valence-corrected chi connectivity index (χ3v) is 5.28. The molecule has 0 radical (unpaired) electrons. The van der Waals surface area contributed by atoms with Crippen molar-refractivity contribution in [3.63, 3.8) is 0 Å². The van der Waals surface area contributed by atoms with Gasteiger partial charge in [-0.1, -0.05) is 0 Å².